The monoisotopic (exact) mass is 850 g/mol. The molecule has 4 fully saturated rings. The van der Waals surface area contributed by atoms with Crippen LogP contribution in [-0.4, -0.2) is 93.4 Å². The third-order valence-electron chi connectivity index (χ3n) is 13.9. The van der Waals surface area contributed by atoms with E-state index in [1.165, 1.54) is 51.0 Å². The molecular formula is C46H52F2N8O6. The quantitative estimate of drug-likeness (QED) is 0.127. The normalized spacial score (nSPS) is 23.0. The Morgan fingerprint density at radius 3 is 2.44 bits per heavy atom. The number of piperidine rings is 2. The lowest BCUT2D eigenvalue weighted by Gasteiger charge is -2.53. The van der Waals surface area contributed by atoms with Gasteiger partial charge < -0.3 is 20.3 Å². The number of hydrogen-bond acceptors (Lipinski definition) is 10. The van der Waals surface area contributed by atoms with Gasteiger partial charge in [-0.25, -0.2) is 4.98 Å². The molecule has 1 spiro atoms. The van der Waals surface area contributed by atoms with Gasteiger partial charge in [-0.2, -0.15) is 13.9 Å². The van der Waals surface area contributed by atoms with Gasteiger partial charge in [0.2, 0.25) is 11.8 Å². The van der Waals surface area contributed by atoms with Crippen LogP contribution in [0.25, 0.3) is 10.9 Å². The number of halogens is 2. The van der Waals surface area contributed by atoms with E-state index in [4.69, 9.17) is 9.84 Å². The molecule has 3 N–H and O–H groups in total. The molecule has 2 aliphatic carbocycles. The fourth-order valence-corrected chi connectivity index (χ4v) is 10.5. The third kappa shape index (κ3) is 8.16. The molecule has 2 aromatic carbocycles. The first kappa shape index (κ1) is 41.6. The van der Waals surface area contributed by atoms with Gasteiger partial charge in [0.25, 0.3) is 23.6 Å². The number of imide groups is 2. The van der Waals surface area contributed by atoms with E-state index < -0.39 is 47.2 Å². The van der Waals surface area contributed by atoms with Crippen LogP contribution in [0.3, 0.4) is 0 Å². The number of anilines is 2. The summed E-state index contributed by atoms with van der Waals surface area (Å²) in [6.45, 7) is 4.80. The van der Waals surface area contributed by atoms with Gasteiger partial charge >= 0.3 is 0 Å². The number of methoxy groups -OCH3 is 1. The fraction of sp³-hybridized carbons (Fsp3) is 0.500. The van der Waals surface area contributed by atoms with Gasteiger partial charge in [-0.05, 0) is 125 Å². The first-order valence-corrected chi connectivity index (χ1v) is 21.8. The number of amides is 5. The van der Waals surface area contributed by atoms with Crippen molar-refractivity contribution in [1.82, 2.24) is 29.9 Å². The smallest absolute Gasteiger partial charge is 0.287 e. The van der Waals surface area contributed by atoms with E-state index >= 15 is 0 Å². The Labute approximate surface area is 358 Å². The van der Waals surface area contributed by atoms with Gasteiger partial charge in [0.05, 0.1) is 35.5 Å². The zero-order valence-corrected chi connectivity index (χ0v) is 35.1. The second kappa shape index (κ2) is 16.5. The fourth-order valence-electron chi connectivity index (χ4n) is 10.5. The number of rotatable bonds is 12. The van der Waals surface area contributed by atoms with Crippen LogP contribution in [0, 0.1) is 17.3 Å². The molecule has 326 valence electrons. The minimum Gasteiger partial charge on any atom is -0.494 e. The van der Waals surface area contributed by atoms with E-state index in [1.807, 2.05) is 16.9 Å². The van der Waals surface area contributed by atoms with Crippen molar-refractivity contribution in [3.8, 4) is 5.75 Å². The summed E-state index contributed by atoms with van der Waals surface area (Å²) >= 11 is 0. The number of fused-ring (bicyclic) bond motifs is 2. The number of ether oxygens (including phenoxy) is 1. The summed E-state index contributed by atoms with van der Waals surface area (Å²) in [5, 5.41) is 14.2. The topological polar surface area (TPSA) is 168 Å². The maximum atomic E-state index is 13.9. The van der Waals surface area contributed by atoms with Crippen LogP contribution in [0.4, 0.5) is 20.2 Å². The highest BCUT2D eigenvalue weighted by atomic mass is 19.3. The van der Waals surface area contributed by atoms with Gasteiger partial charge in [0.15, 0.2) is 0 Å². The molecule has 14 nitrogen and oxygen atoms in total. The van der Waals surface area contributed by atoms with Crippen molar-refractivity contribution >= 4 is 51.8 Å². The maximum absolute atomic E-state index is 13.9. The number of pyridine rings is 1. The van der Waals surface area contributed by atoms with Gasteiger partial charge in [-0.3, -0.25) is 38.9 Å². The average Bonchev–Trinajstić information content (AvgIpc) is 3.77. The number of alkyl halides is 2. The lowest BCUT2D eigenvalue weighted by Crippen LogP contribution is -2.54. The highest BCUT2D eigenvalue weighted by molar-refractivity contribution is 6.25. The molecule has 1 atom stereocenters. The predicted octanol–water partition coefficient (Wildman–Crippen LogP) is 6.93. The number of aromatic nitrogens is 3. The molecule has 4 aromatic rings. The second-order valence-corrected chi connectivity index (χ2v) is 18.1. The number of benzene rings is 2. The molecule has 2 aromatic heterocycles. The summed E-state index contributed by atoms with van der Waals surface area (Å²) in [6.07, 6.45) is 12.4. The van der Waals surface area contributed by atoms with Crippen molar-refractivity contribution in [2.24, 2.45) is 17.3 Å². The number of nitrogens with zero attached hydrogens (tertiary/aromatic N) is 5. The van der Waals surface area contributed by atoms with Crippen molar-refractivity contribution in [1.29, 1.82) is 0 Å². The zero-order chi connectivity index (χ0) is 43.3. The molecule has 5 amide bonds. The average molecular weight is 851 g/mol. The molecule has 5 heterocycles. The zero-order valence-electron chi connectivity index (χ0n) is 35.1. The van der Waals surface area contributed by atoms with E-state index in [0.717, 1.165) is 74.5 Å². The highest BCUT2D eigenvalue weighted by Crippen LogP contribution is 2.54. The van der Waals surface area contributed by atoms with Crippen LogP contribution >= 0.6 is 0 Å². The Balaban J connectivity index is 0.715. The molecule has 0 unspecified atom stereocenters. The van der Waals surface area contributed by atoms with Gasteiger partial charge in [-0.1, -0.05) is 12.1 Å². The summed E-state index contributed by atoms with van der Waals surface area (Å²) in [6, 6.07) is 12.0. The molecule has 0 bridgehead atoms. The number of carbonyl (C=O) groups excluding carboxylic acids is 5. The Bertz CT molecular complexity index is 2420. The van der Waals surface area contributed by atoms with Crippen molar-refractivity contribution < 1.29 is 37.5 Å². The van der Waals surface area contributed by atoms with Gasteiger partial charge in [0.1, 0.15) is 23.2 Å². The maximum Gasteiger partial charge on any atom is 0.287 e. The Morgan fingerprint density at radius 1 is 0.952 bits per heavy atom. The highest BCUT2D eigenvalue weighted by Gasteiger charge is 2.47. The van der Waals surface area contributed by atoms with Crippen LogP contribution in [0.2, 0.25) is 0 Å². The third-order valence-corrected chi connectivity index (χ3v) is 13.9. The number of carbonyl (C=O) groups is 5. The van der Waals surface area contributed by atoms with E-state index in [9.17, 15) is 32.8 Å². The summed E-state index contributed by atoms with van der Waals surface area (Å²) < 4.78 is 35.3. The molecule has 62 heavy (non-hydrogen) atoms. The largest absolute Gasteiger partial charge is 0.494 e. The van der Waals surface area contributed by atoms with Crippen LogP contribution < -0.4 is 20.7 Å². The lowest BCUT2D eigenvalue weighted by atomic mass is 9.57. The van der Waals surface area contributed by atoms with Crippen LogP contribution in [0.5, 0.6) is 5.75 Å². The second-order valence-electron chi connectivity index (χ2n) is 18.1. The molecule has 5 aliphatic rings. The van der Waals surface area contributed by atoms with Crippen molar-refractivity contribution in [2.75, 3.05) is 43.9 Å². The predicted molar refractivity (Wildman–Crippen MR) is 226 cm³/mol. The van der Waals surface area contributed by atoms with Gasteiger partial charge in [0, 0.05) is 49.8 Å². The van der Waals surface area contributed by atoms with Crippen molar-refractivity contribution in [3.05, 3.63) is 77.2 Å². The molecule has 3 aliphatic heterocycles. The van der Waals surface area contributed by atoms with Crippen LogP contribution in [0.1, 0.15) is 120 Å². The summed E-state index contributed by atoms with van der Waals surface area (Å²) in [4.78, 5) is 71.4. The standard InChI is InChI=1S/C46H52F2N8O6/c1-45(47,48)38-8-4-7-33(50-38)41(58)51-35-21-29-26-55(53-34(29)22-37(35)62-2)30-11-9-27(10-12-30)25-54-19-16-46(17-20-54)23-28(24-46)15-18-49-32-6-3-5-31-40(32)44(61)56(43(31)60)36-13-14-39(57)52-42(36)59/h3-8,21-22,26-28,30,36,49H,9-20,23-25H2,1-2H3,(H,51,58)(H,52,57,59)/t27?,30?,36-/m0/s1. The lowest BCUT2D eigenvalue weighted by molar-refractivity contribution is -0.136. The number of likely N-dealkylation sites (tertiary alicyclic amines) is 1. The molecule has 2 saturated carbocycles. The first-order valence-electron chi connectivity index (χ1n) is 21.8. The van der Waals surface area contributed by atoms with E-state index in [2.05, 4.69) is 25.8 Å². The summed E-state index contributed by atoms with van der Waals surface area (Å²) in [7, 11) is 1.51. The van der Waals surface area contributed by atoms with Crippen LogP contribution in [-0.2, 0) is 15.5 Å². The minimum atomic E-state index is -3.17. The number of hydrogen-bond donors (Lipinski definition) is 3. The molecule has 2 saturated heterocycles. The summed E-state index contributed by atoms with van der Waals surface area (Å²) in [5.41, 5.74) is 2.19. The Hall–Kier alpha value is -5.77. The minimum absolute atomic E-state index is 0.0870. The van der Waals surface area contributed by atoms with Gasteiger partial charge in [-0.15, -0.1) is 0 Å². The molecule has 16 heteroatoms. The van der Waals surface area contributed by atoms with E-state index in [-0.39, 0.29) is 30.1 Å². The van der Waals surface area contributed by atoms with Crippen molar-refractivity contribution in [2.45, 2.75) is 95.6 Å². The first-order chi connectivity index (χ1) is 29.8. The SMILES string of the molecule is COc1cc2nn(C3CCC(CN4CCC5(CC4)CC(CCNc4cccc6c4C(=O)N([C@H]4CCC(=O)NC4=O)C6=O)C5)CC3)cc2cc1NC(=O)c1cccc(C(C)(F)F)n1. The van der Waals surface area contributed by atoms with Crippen LogP contribution in [0.15, 0.2) is 54.7 Å². The molecular weight excluding hydrogens is 799 g/mol. The summed E-state index contributed by atoms with van der Waals surface area (Å²) in [5.74, 6) is -4.10. The van der Waals surface area contributed by atoms with E-state index in [1.54, 1.807) is 24.3 Å². The number of nitrogens with one attached hydrogen (secondary N) is 3. The Morgan fingerprint density at radius 2 is 1.71 bits per heavy atom. The van der Waals surface area contributed by atoms with Crippen molar-refractivity contribution in [3.63, 3.8) is 0 Å². The Kier molecular flexibility index (Phi) is 11.1. The molecule has 9 rings (SSSR count). The molecule has 0 radical (unpaired) electrons. The van der Waals surface area contributed by atoms with E-state index in [0.29, 0.717) is 46.5 Å².